The van der Waals surface area contributed by atoms with Crippen LogP contribution in [0.15, 0.2) is 6.07 Å². The van der Waals surface area contributed by atoms with E-state index >= 15 is 0 Å². The van der Waals surface area contributed by atoms with Gasteiger partial charge in [0.2, 0.25) is 5.95 Å². The molecule has 16 heavy (non-hydrogen) atoms. The monoisotopic (exact) mass is 230 g/mol. The highest BCUT2D eigenvalue weighted by molar-refractivity contribution is 5.91. The van der Waals surface area contributed by atoms with Gasteiger partial charge < -0.3 is 4.74 Å². The minimum Gasteiger partial charge on any atom is -0.465 e. The van der Waals surface area contributed by atoms with E-state index < -0.39 is 35.2 Å². The number of ether oxygens (including phenoxy) is 1. The third-order valence-corrected chi connectivity index (χ3v) is 1.74. The van der Waals surface area contributed by atoms with Crippen molar-refractivity contribution in [1.82, 2.24) is 4.98 Å². The number of methoxy groups -OCH3 is 1. The van der Waals surface area contributed by atoms with Crippen molar-refractivity contribution in [3.05, 3.63) is 28.8 Å². The summed E-state index contributed by atoms with van der Waals surface area (Å²) in [6.45, 7) is 0. The molecule has 7 heteroatoms. The summed E-state index contributed by atoms with van der Waals surface area (Å²) in [5.41, 5.74) is -2.38. The van der Waals surface area contributed by atoms with Crippen LogP contribution in [0.1, 0.15) is 28.0 Å². The molecule has 1 aromatic rings. The van der Waals surface area contributed by atoms with Crippen molar-refractivity contribution in [2.45, 2.75) is 6.43 Å². The Labute approximate surface area is 88.3 Å². The number of carbonyl (C=O) groups excluding carboxylic acids is 1. The second-order valence-electron chi connectivity index (χ2n) is 2.67. The summed E-state index contributed by atoms with van der Waals surface area (Å²) < 4.78 is 42.4. The fourth-order valence-electron chi connectivity index (χ4n) is 1.07. The van der Waals surface area contributed by atoms with E-state index in [0.29, 0.717) is 6.07 Å². The Morgan fingerprint density at radius 1 is 1.62 bits per heavy atom. The Morgan fingerprint density at radius 2 is 2.25 bits per heavy atom. The summed E-state index contributed by atoms with van der Waals surface area (Å²) in [5.74, 6) is -2.70. The normalized spacial score (nSPS) is 10.0. The molecule has 84 valence electrons. The fourth-order valence-corrected chi connectivity index (χ4v) is 1.07. The first-order chi connectivity index (χ1) is 7.51. The smallest absolute Gasteiger partial charge is 0.343 e. The molecule has 0 aliphatic rings. The Morgan fingerprint density at radius 3 is 2.69 bits per heavy atom. The lowest BCUT2D eigenvalue weighted by atomic mass is 10.1. The first-order valence-electron chi connectivity index (χ1n) is 3.98. The molecule has 0 atom stereocenters. The summed E-state index contributed by atoms with van der Waals surface area (Å²) in [6.07, 6.45) is -3.10. The molecule has 0 unspecified atom stereocenters. The van der Waals surface area contributed by atoms with Crippen LogP contribution in [0.3, 0.4) is 0 Å². The van der Waals surface area contributed by atoms with Gasteiger partial charge in [0.05, 0.1) is 7.11 Å². The first-order valence-corrected chi connectivity index (χ1v) is 3.98. The van der Waals surface area contributed by atoms with E-state index in [2.05, 4.69) is 9.72 Å². The Kier molecular flexibility index (Phi) is 3.45. The van der Waals surface area contributed by atoms with Crippen molar-refractivity contribution in [3.8, 4) is 6.07 Å². The number of alkyl halides is 2. The number of carbonyl (C=O) groups is 1. The molecule has 0 aliphatic heterocycles. The van der Waals surface area contributed by atoms with Crippen LogP contribution in [0.2, 0.25) is 0 Å². The van der Waals surface area contributed by atoms with Crippen LogP contribution in [-0.2, 0) is 4.74 Å². The van der Waals surface area contributed by atoms with E-state index in [0.717, 1.165) is 7.11 Å². The zero-order chi connectivity index (χ0) is 12.3. The van der Waals surface area contributed by atoms with Crippen LogP contribution in [0.25, 0.3) is 0 Å². The third-order valence-electron chi connectivity index (χ3n) is 1.74. The lowest BCUT2D eigenvalue weighted by Gasteiger charge is -2.07. The predicted octanol–water partition coefficient (Wildman–Crippen LogP) is 1.82. The highest BCUT2D eigenvalue weighted by atomic mass is 19.3. The summed E-state index contributed by atoms with van der Waals surface area (Å²) in [7, 11) is 0.926. The van der Waals surface area contributed by atoms with E-state index in [-0.39, 0.29) is 0 Å². The van der Waals surface area contributed by atoms with Gasteiger partial charge in [-0.05, 0) is 6.07 Å². The molecule has 0 bridgehead atoms. The summed E-state index contributed by atoms with van der Waals surface area (Å²) in [4.78, 5) is 14.1. The number of rotatable bonds is 2. The highest BCUT2D eigenvalue weighted by Crippen LogP contribution is 2.25. The van der Waals surface area contributed by atoms with Gasteiger partial charge in [0, 0.05) is 5.56 Å². The molecule has 1 aromatic heterocycles. The van der Waals surface area contributed by atoms with Gasteiger partial charge in [-0.1, -0.05) is 0 Å². The van der Waals surface area contributed by atoms with E-state index in [4.69, 9.17) is 5.26 Å². The zero-order valence-corrected chi connectivity index (χ0v) is 8.00. The van der Waals surface area contributed by atoms with Crippen LogP contribution >= 0.6 is 0 Å². The quantitative estimate of drug-likeness (QED) is 0.574. The molecule has 4 nitrogen and oxygen atoms in total. The summed E-state index contributed by atoms with van der Waals surface area (Å²) >= 11 is 0. The number of nitriles is 1. The SMILES string of the molecule is COC(=O)c1c(C(F)F)cc(C#N)nc1F. The molecule has 0 spiro atoms. The van der Waals surface area contributed by atoms with Gasteiger partial charge in [-0.25, -0.2) is 18.6 Å². The molecule has 0 radical (unpaired) electrons. The topological polar surface area (TPSA) is 63.0 Å². The van der Waals surface area contributed by atoms with Crippen molar-refractivity contribution in [2.75, 3.05) is 7.11 Å². The van der Waals surface area contributed by atoms with Gasteiger partial charge in [0.15, 0.2) is 0 Å². The Bertz CT molecular complexity index is 469. The molecule has 0 aliphatic carbocycles. The molecule has 0 saturated carbocycles. The number of hydrogen-bond acceptors (Lipinski definition) is 4. The van der Waals surface area contributed by atoms with Gasteiger partial charge in [0.25, 0.3) is 6.43 Å². The number of hydrogen-bond donors (Lipinski definition) is 0. The molecule has 0 amide bonds. The van der Waals surface area contributed by atoms with Crippen LogP contribution in [-0.4, -0.2) is 18.1 Å². The Balaban J connectivity index is 3.47. The number of halogens is 3. The van der Waals surface area contributed by atoms with Crippen molar-refractivity contribution in [3.63, 3.8) is 0 Å². The minimum atomic E-state index is -3.10. The second-order valence-corrected chi connectivity index (χ2v) is 2.67. The second kappa shape index (κ2) is 4.61. The van der Waals surface area contributed by atoms with Crippen molar-refractivity contribution < 1.29 is 22.7 Å². The molecule has 1 rings (SSSR count). The number of pyridine rings is 1. The summed E-state index contributed by atoms with van der Waals surface area (Å²) in [6, 6.07) is 2.06. The number of esters is 1. The van der Waals surface area contributed by atoms with Crippen LogP contribution in [0.5, 0.6) is 0 Å². The third kappa shape index (κ3) is 2.11. The Hall–Kier alpha value is -2.10. The fraction of sp³-hybridized carbons (Fsp3) is 0.222. The van der Waals surface area contributed by atoms with Gasteiger partial charge in [-0.15, -0.1) is 0 Å². The molecule has 0 fully saturated rings. The van der Waals surface area contributed by atoms with Crippen molar-refractivity contribution >= 4 is 5.97 Å². The van der Waals surface area contributed by atoms with E-state index in [9.17, 15) is 18.0 Å². The molecular weight excluding hydrogens is 225 g/mol. The molecular formula is C9H5F3N2O2. The molecule has 0 aromatic carbocycles. The minimum absolute atomic E-state index is 0.527. The van der Waals surface area contributed by atoms with E-state index in [1.54, 1.807) is 0 Å². The molecule has 0 N–H and O–H groups in total. The zero-order valence-electron chi connectivity index (χ0n) is 8.00. The number of aromatic nitrogens is 1. The maximum absolute atomic E-state index is 13.2. The van der Waals surface area contributed by atoms with Crippen LogP contribution in [0, 0.1) is 17.3 Å². The van der Waals surface area contributed by atoms with Crippen LogP contribution in [0.4, 0.5) is 13.2 Å². The number of nitrogens with zero attached hydrogens (tertiary/aromatic N) is 2. The lowest BCUT2D eigenvalue weighted by molar-refractivity contribution is 0.0581. The van der Waals surface area contributed by atoms with Gasteiger partial charge >= 0.3 is 5.97 Å². The van der Waals surface area contributed by atoms with Gasteiger partial charge in [0.1, 0.15) is 17.3 Å². The largest absolute Gasteiger partial charge is 0.465 e. The van der Waals surface area contributed by atoms with Crippen molar-refractivity contribution in [1.29, 1.82) is 5.26 Å². The standard InChI is InChI=1S/C9H5F3N2O2/c1-16-9(15)6-5(7(10)11)2-4(3-13)14-8(6)12/h2,7H,1H3. The van der Waals surface area contributed by atoms with Crippen LogP contribution < -0.4 is 0 Å². The molecule has 0 saturated heterocycles. The maximum atomic E-state index is 13.2. The highest BCUT2D eigenvalue weighted by Gasteiger charge is 2.25. The average molecular weight is 230 g/mol. The van der Waals surface area contributed by atoms with Gasteiger partial charge in [-0.3, -0.25) is 0 Å². The van der Waals surface area contributed by atoms with E-state index in [1.165, 1.54) is 6.07 Å². The lowest BCUT2D eigenvalue weighted by Crippen LogP contribution is -2.11. The van der Waals surface area contributed by atoms with Gasteiger partial charge in [-0.2, -0.15) is 9.65 Å². The molecule has 1 heterocycles. The summed E-state index contributed by atoms with van der Waals surface area (Å²) in [5, 5.41) is 8.41. The van der Waals surface area contributed by atoms with E-state index in [1.807, 2.05) is 0 Å². The average Bonchev–Trinajstić information content (AvgIpc) is 2.26. The maximum Gasteiger partial charge on any atom is 0.343 e. The predicted molar refractivity (Wildman–Crippen MR) is 45.2 cm³/mol. The first kappa shape index (κ1) is 12.0. The van der Waals surface area contributed by atoms with Crippen molar-refractivity contribution in [2.24, 2.45) is 0 Å².